The smallest absolute Gasteiger partial charge is 0.137 e. The van der Waals surface area contributed by atoms with Gasteiger partial charge < -0.3 is 5.11 Å². The molecule has 2 atom stereocenters. The predicted octanol–water partition coefficient (Wildman–Crippen LogP) is 3.39. The lowest BCUT2D eigenvalue weighted by Gasteiger charge is -2.22. The molecule has 0 spiro atoms. The van der Waals surface area contributed by atoms with Crippen LogP contribution in [0.4, 0.5) is 4.39 Å². The highest BCUT2D eigenvalue weighted by Crippen LogP contribution is 2.37. The van der Waals surface area contributed by atoms with Crippen LogP contribution in [0.5, 0.6) is 0 Å². The Morgan fingerprint density at radius 1 is 1.62 bits per heavy atom. The van der Waals surface area contributed by atoms with Crippen LogP contribution in [-0.4, -0.2) is 21.7 Å². The predicted molar refractivity (Wildman–Crippen MR) is 69.3 cm³/mol. The Labute approximate surface area is 108 Å². The zero-order valence-corrected chi connectivity index (χ0v) is 11.4. The van der Waals surface area contributed by atoms with Crippen molar-refractivity contribution in [1.82, 2.24) is 0 Å². The molecule has 0 amide bonds. The molecule has 1 aliphatic heterocycles. The average Bonchev–Trinajstić information content (AvgIpc) is 2.54. The Balaban J connectivity index is 2.18. The van der Waals surface area contributed by atoms with Gasteiger partial charge in [-0.25, -0.2) is 4.39 Å². The van der Waals surface area contributed by atoms with Crippen LogP contribution < -0.4 is 0 Å². The van der Waals surface area contributed by atoms with Crippen LogP contribution in [0.2, 0.25) is 0 Å². The average molecular weight is 305 g/mol. The van der Waals surface area contributed by atoms with Gasteiger partial charge in [0, 0.05) is 17.4 Å². The molecule has 0 aromatic heterocycles. The van der Waals surface area contributed by atoms with Crippen LogP contribution in [0.3, 0.4) is 0 Å². The summed E-state index contributed by atoms with van der Waals surface area (Å²) in [4.78, 5) is 0. The number of benzene rings is 1. The molecule has 0 aliphatic carbocycles. The number of hydrogen-bond acceptors (Lipinski definition) is 2. The Bertz CT molecular complexity index is 399. The number of aliphatic hydroxyl groups is 1. The minimum atomic E-state index is -0.680. The molecule has 16 heavy (non-hydrogen) atoms. The fourth-order valence-electron chi connectivity index (χ4n) is 2.11. The van der Waals surface area contributed by atoms with Crippen molar-refractivity contribution in [3.05, 3.63) is 34.1 Å². The molecule has 1 saturated heterocycles. The first-order valence-corrected chi connectivity index (χ1v) is 7.11. The van der Waals surface area contributed by atoms with Crippen molar-refractivity contribution in [3.8, 4) is 0 Å². The van der Waals surface area contributed by atoms with Crippen LogP contribution in [0.25, 0.3) is 0 Å². The van der Waals surface area contributed by atoms with E-state index in [0.717, 1.165) is 17.7 Å². The van der Waals surface area contributed by atoms with Gasteiger partial charge in [-0.15, -0.1) is 0 Å². The minimum absolute atomic E-state index is 0.264. The van der Waals surface area contributed by atoms with E-state index in [4.69, 9.17) is 0 Å². The third-order valence-corrected chi connectivity index (χ3v) is 5.18. The summed E-state index contributed by atoms with van der Waals surface area (Å²) >= 11 is 5.01. The highest BCUT2D eigenvalue weighted by Gasteiger charge is 2.36. The minimum Gasteiger partial charge on any atom is -0.389 e. The van der Waals surface area contributed by atoms with E-state index in [1.165, 1.54) is 6.07 Å². The molecule has 1 aromatic carbocycles. The van der Waals surface area contributed by atoms with E-state index in [1.807, 2.05) is 6.07 Å². The van der Waals surface area contributed by atoms with E-state index in [-0.39, 0.29) is 5.82 Å². The van der Waals surface area contributed by atoms with Crippen LogP contribution in [0.1, 0.15) is 18.9 Å². The zero-order valence-electron chi connectivity index (χ0n) is 9.04. The van der Waals surface area contributed by atoms with Crippen LogP contribution in [0.15, 0.2) is 22.7 Å². The van der Waals surface area contributed by atoms with E-state index in [2.05, 4.69) is 22.9 Å². The molecule has 1 heterocycles. The Morgan fingerprint density at radius 2 is 2.38 bits per heavy atom. The quantitative estimate of drug-likeness (QED) is 0.904. The Hall–Kier alpha value is -0.0600. The van der Waals surface area contributed by atoms with Crippen LogP contribution in [-0.2, 0) is 6.42 Å². The lowest BCUT2D eigenvalue weighted by molar-refractivity contribution is 0.0640. The SMILES string of the molecule is CC1CC(O)(Cc2cccc(F)c2Br)CS1. The highest BCUT2D eigenvalue weighted by atomic mass is 79.9. The van der Waals surface area contributed by atoms with Crippen molar-refractivity contribution in [1.29, 1.82) is 0 Å². The highest BCUT2D eigenvalue weighted by molar-refractivity contribution is 9.10. The van der Waals surface area contributed by atoms with Gasteiger partial charge in [0.2, 0.25) is 0 Å². The Kier molecular flexibility index (Phi) is 3.62. The topological polar surface area (TPSA) is 20.2 Å². The molecule has 4 heteroatoms. The van der Waals surface area contributed by atoms with Gasteiger partial charge in [0.1, 0.15) is 5.82 Å². The number of rotatable bonds is 2. The molecule has 0 radical (unpaired) electrons. The van der Waals surface area contributed by atoms with Gasteiger partial charge in [0.05, 0.1) is 10.1 Å². The summed E-state index contributed by atoms with van der Waals surface area (Å²) in [5.41, 5.74) is 0.164. The first kappa shape index (κ1) is 12.4. The van der Waals surface area contributed by atoms with E-state index in [0.29, 0.717) is 16.1 Å². The van der Waals surface area contributed by atoms with Crippen LogP contribution >= 0.6 is 27.7 Å². The van der Waals surface area contributed by atoms with Crippen molar-refractivity contribution in [2.75, 3.05) is 5.75 Å². The molecular weight excluding hydrogens is 291 g/mol. The third kappa shape index (κ3) is 2.60. The number of halogens is 2. The largest absolute Gasteiger partial charge is 0.389 e. The molecular formula is C12H14BrFOS. The summed E-state index contributed by atoms with van der Waals surface area (Å²) in [5, 5.41) is 10.8. The summed E-state index contributed by atoms with van der Waals surface area (Å²) in [7, 11) is 0. The summed E-state index contributed by atoms with van der Waals surface area (Å²) in [6.07, 6.45) is 1.29. The van der Waals surface area contributed by atoms with E-state index < -0.39 is 5.60 Å². The lowest BCUT2D eigenvalue weighted by Crippen LogP contribution is -2.31. The number of thioether (sulfide) groups is 1. The fourth-order valence-corrected chi connectivity index (χ4v) is 3.76. The van der Waals surface area contributed by atoms with Crippen molar-refractivity contribution in [2.24, 2.45) is 0 Å². The van der Waals surface area contributed by atoms with E-state index in [1.54, 1.807) is 17.8 Å². The van der Waals surface area contributed by atoms with Crippen molar-refractivity contribution >= 4 is 27.7 Å². The zero-order chi connectivity index (χ0) is 11.8. The maximum Gasteiger partial charge on any atom is 0.137 e. The van der Waals surface area contributed by atoms with Gasteiger partial charge >= 0.3 is 0 Å². The molecule has 2 unspecified atom stereocenters. The fraction of sp³-hybridized carbons (Fsp3) is 0.500. The van der Waals surface area contributed by atoms with Gasteiger partial charge in [-0.2, -0.15) is 11.8 Å². The summed E-state index contributed by atoms with van der Waals surface area (Å²) in [5.74, 6) is 0.469. The standard InChI is InChI=1S/C12H14BrFOS/c1-8-5-12(15,7-16-8)6-9-3-2-4-10(14)11(9)13/h2-4,8,15H,5-7H2,1H3. The van der Waals surface area contributed by atoms with Crippen molar-refractivity contribution in [3.63, 3.8) is 0 Å². The molecule has 1 aliphatic rings. The molecule has 88 valence electrons. The Morgan fingerprint density at radius 3 is 3.00 bits per heavy atom. The van der Waals surface area contributed by atoms with E-state index in [9.17, 15) is 9.50 Å². The van der Waals surface area contributed by atoms with Gasteiger partial charge in [-0.1, -0.05) is 19.1 Å². The van der Waals surface area contributed by atoms with Gasteiger partial charge in [0.15, 0.2) is 0 Å². The maximum atomic E-state index is 13.3. The summed E-state index contributed by atoms with van der Waals surface area (Å²) in [6.45, 7) is 2.11. The van der Waals surface area contributed by atoms with Crippen LogP contribution in [0, 0.1) is 5.82 Å². The van der Waals surface area contributed by atoms with Gasteiger partial charge in [0.25, 0.3) is 0 Å². The summed E-state index contributed by atoms with van der Waals surface area (Å²) < 4.78 is 13.8. The second-order valence-corrected chi connectivity index (χ2v) is 6.66. The molecule has 1 fully saturated rings. The van der Waals surface area contributed by atoms with Crippen molar-refractivity contribution < 1.29 is 9.50 Å². The first-order valence-electron chi connectivity index (χ1n) is 5.27. The summed E-state index contributed by atoms with van der Waals surface area (Å²) in [6, 6.07) is 4.97. The molecule has 0 saturated carbocycles. The number of hydrogen-bond donors (Lipinski definition) is 1. The van der Waals surface area contributed by atoms with Crippen molar-refractivity contribution in [2.45, 2.75) is 30.6 Å². The lowest BCUT2D eigenvalue weighted by atomic mass is 9.92. The molecule has 2 rings (SSSR count). The second-order valence-electron chi connectivity index (χ2n) is 4.44. The molecule has 0 bridgehead atoms. The van der Waals surface area contributed by atoms with Gasteiger partial charge in [-0.3, -0.25) is 0 Å². The third-order valence-electron chi connectivity index (χ3n) is 2.86. The maximum absolute atomic E-state index is 13.3. The normalized spacial score (nSPS) is 29.6. The first-order chi connectivity index (χ1) is 7.50. The second kappa shape index (κ2) is 4.67. The molecule has 1 nitrogen and oxygen atoms in total. The molecule has 1 aromatic rings. The van der Waals surface area contributed by atoms with Gasteiger partial charge in [-0.05, 0) is 34.0 Å². The van der Waals surface area contributed by atoms with E-state index >= 15 is 0 Å². The monoisotopic (exact) mass is 304 g/mol. The molecule has 1 N–H and O–H groups in total.